The molecule has 0 aliphatic carbocycles. The van der Waals surface area contributed by atoms with Crippen molar-refractivity contribution in [2.24, 2.45) is 5.73 Å². The van der Waals surface area contributed by atoms with Gasteiger partial charge < -0.3 is 10.5 Å². The molecule has 2 nitrogen and oxygen atoms in total. The summed E-state index contributed by atoms with van der Waals surface area (Å²) < 4.78 is 5.44. The van der Waals surface area contributed by atoms with Crippen molar-refractivity contribution in [2.75, 3.05) is 13.2 Å². The zero-order valence-electron chi connectivity index (χ0n) is 12.0. The van der Waals surface area contributed by atoms with Crippen molar-refractivity contribution in [2.45, 2.75) is 51.0 Å². The summed E-state index contributed by atoms with van der Waals surface area (Å²) in [6.45, 7) is 10.4. The summed E-state index contributed by atoms with van der Waals surface area (Å²) in [5.41, 5.74) is 9.09. The van der Waals surface area contributed by atoms with E-state index in [1.54, 1.807) is 0 Å². The lowest BCUT2D eigenvalue weighted by molar-refractivity contribution is -0.0665. The Balaban J connectivity index is 2.23. The average Bonchev–Trinajstić information content (AvgIpc) is 2.22. The van der Waals surface area contributed by atoms with Gasteiger partial charge in [-0.1, -0.05) is 45.0 Å². The van der Waals surface area contributed by atoms with E-state index in [1.165, 1.54) is 11.1 Å². The molecule has 0 radical (unpaired) electrons. The maximum absolute atomic E-state index is 5.97. The minimum atomic E-state index is 0.157. The summed E-state index contributed by atoms with van der Waals surface area (Å²) in [5, 5.41) is 0. The summed E-state index contributed by atoms with van der Waals surface area (Å²) in [5.74, 6) is 0. The first-order valence-corrected chi connectivity index (χ1v) is 6.78. The van der Waals surface area contributed by atoms with Gasteiger partial charge in [0.25, 0.3) is 0 Å². The Morgan fingerprint density at radius 1 is 1.22 bits per heavy atom. The van der Waals surface area contributed by atoms with Gasteiger partial charge in [-0.3, -0.25) is 0 Å². The molecule has 1 saturated heterocycles. The van der Waals surface area contributed by atoms with E-state index in [4.69, 9.17) is 10.5 Å². The second-order valence-corrected chi connectivity index (χ2v) is 6.78. The minimum absolute atomic E-state index is 0.157. The number of nitrogens with two attached hydrogens (primary N) is 1. The molecule has 1 aromatic rings. The first-order chi connectivity index (χ1) is 8.33. The Morgan fingerprint density at radius 2 is 1.78 bits per heavy atom. The lowest BCUT2D eigenvalue weighted by Crippen LogP contribution is -2.49. The molecule has 1 aliphatic rings. The smallest absolute Gasteiger partial charge is 0.0586 e. The second kappa shape index (κ2) is 4.67. The van der Waals surface area contributed by atoms with Gasteiger partial charge in [0.2, 0.25) is 0 Å². The van der Waals surface area contributed by atoms with Crippen LogP contribution in [0.25, 0.3) is 0 Å². The van der Waals surface area contributed by atoms with E-state index < -0.39 is 0 Å². The molecule has 0 amide bonds. The topological polar surface area (TPSA) is 35.2 Å². The lowest BCUT2D eigenvalue weighted by atomic mass is 9.73. The number of hydrogen-bond donors (Lipinski definition) is 1. The molecular weight excluding hydrogens is 222 g/mol. The van der Waals surface area contributed by atoms with Crippen LogP contribution in [0.3, 0.4) is 0 Å². The molecule has 0 saturated carbocycles. The minimum Gasteiger partial charge on any atom is -0.379 e. The standard InChI is InChI=1S/C16H25NO/c1-12(17)9-16(10-18-11-16)14-7-5-13(6-8-14)15(2,3)4/h5-8,12H,9-11,17H2,1-4H3. The monoisotopic (exact) mass is 247 g/mol. The molecule has 0 bridgehead atoms. The summed E-state index contributed by atoms with van der Waals surface area (Å²) in [6, 6.07) is 9.22. The molecule has 0 aromatic heterocycles. The molecule has 1 atom stereocenters. The van der Waals surface area contributed by atoms with Crippen LogP contribution in [0.4, 0.5) is 0 Å². The third-order valence-corrected chi connectivity index (χ3v) is 3.83. The number of benzene rings is 1. The summed E-state index contributed by atoms with van der Waals surface area (Å²) in [6.07, 6.45) is 1.00. The van der Waals surface area contributed by atoms with Crippen molar-refractivity contribution in [1.29, 1.82) is 0 Å². The molecule has 1 unspecified atom stereocenters. The zero-order valence-corrected chi connectivity index (χ0v) is 12.0. The van der Waals surface area contributed by atoms with E-state index in [0.717, 1.165) is 19.6 Å². The summed E-state index contributed by atoms with van der Waals surface area (Å²) >= 11 is 0. The highest BCUT2D eigenvalue weighted by molar-refractivity contribution is 5.34. The fourth-order valence-electron chi connectivity index (χ4n) is 2.69. The van der Waals surface area contributed by atoms with Crippen LogP contribution in [0.1, 0.15) is 45.2 Å². The normalized spacial score (nSPS) is 20.3. The van der Waals surface area contributed by atoms with Gasteiger partial charge in [0.1, 0.15) is 0 Å². The molecule has 0 spiro atoms. The maximum Gasteiger partial charge on any atom is 0.0586 e. The predicted molar refractivity (Wildman–Crippen MR) is 75.9 cm³/mol. The Labute approximate surface area is 111 Å². The van der Waals surface area contributed by atoms with E-state index in [9.17, 15) is 0 Å². The van der Waals surface area contributed by atoms with Crippen LogP contribution >= 0.6 is 0 Å². The molecule has 1 aliphatic heterocycles. The van der Waals surface area contributed by atoms with Crippen LogP contribution in [0.2, 0.25) is 0 Å². The molecule has 2 rings (SSSR count). The molecule has 18 heavy (non-hydrogen) atoms. The summed E-state index contributed by atoms with van der Waals surface area (Å²) in [4.78, 5) is 0. The van der Waals surface area contributed by atoms with Gasteiger partial charge >= 0.3 is 0 Å². The quantitative estimate of drug-likeness (QED) is 0.891. The van der Waals surface area contributed by atoms with Crippen LogP contribution in [-0.4, -0.2) is 19.3 Å². The zero-order chi connectivity index (χ0) is 13.4. The Bertz CT molecular complexity index is 396. The molecule has 2 N–H and O–H groups in total. The van der Waals surface area contributed by atoms with Gasteiger partial charge in [0, 0.05) is 11.5 Å². The summed E-state index contributed by atoms with van der Waals surface area (Å²) in [7, 11) is 0. The third-order valence-electron chi connectivity index (χ3n) is 3.83. The second-order valence-electron chi connectivity index (χ2n) is 6.78. The third kappa shape index (κ3) is 2.60. The number of ether oxygens (including phenoxy) is 1. The average molecular weight is 247 g/mol. The van der Waals surface area contributed by atoms with Gasteiger partial charge in [0.15, 0.2) is 0 Å². The highest BCUT2D eigenvalue weighted by Gasteiger charge is 2.40. The van der Waals surface area contributed by atoms with Crippen molar-refractivity contribution in [3.8, 4) is 0 Å². The highest BCUT2D eigenvalue weighted by atomic mass is 16.5. The molecule has 1 heterocycles. The number of rotatable bonds is 3. The van der Waals surface area contributed by atoms with Gasteiger partial charge in [-0.2, -0.15) is 0 Å². The fraction of sp³-hybridized carbons (Fsp3) is 0.625. The van der Waals surface area contributed by atoms with E-state index in [-0.39, 0.29) is 16.9 Å². The van der Waals surface area contributed by atoms with Gasteiger partial charge in [0.05, 0.1) is 13.2 Å². The molecule has 1 fully saturated rings. The Morgan fingerprint density at radius 3 is 2.11 bits per heavy atom. The van der Waals surface area contributed by atoms with E-state index >= 15 is 0 Å². The van der Waals surface area contributed by atoms with E-state index in [0.29, 0.717) is 0 Å². The molecular formula is C16H25NO. The van der Waals surface area contributed by atoms with Crippen LogP contribution in [0.15, 0.2) is 24.3 Å². The molecule has 2 heteroatoms. The molecule has 1 aromatic carbocycles. The van der Waals surface area contributed by atoms with Crippen molar-refractivity contribution in [1.82, 2.24) is 0 Å². The Kier molecular flexibility index (Phi) is 3.52. The van der Waals surface area contributed by atoms with Crippen molar-refractivity contribution >= 4 is 0 Å². The van der Waals surface area contributed by atoms with Gasteiger partial charge in [-0.25, -0.2) is 0 Å². The molecule has 100 valence electrons. The van der Waals surface area contributed by atoms with Gasteiger partial charge in [-0.05, 0) is 29.9 Å². The first kappa shape index (κ1) is 13.6. The van der Waals surface area contributed by atoms with E-state index in [2.05, 4.69) is 52.0 Å². The predicted octanol–water partition coefficient (Wildman–Crippen LogP) is 2.99. The van der Waals surface area contributed by atoms with Crippen LogP contribution in [-0.2, 0) is 15.6 Å². The maximum atomic E-state index is 5.97. The number of hydrogen-bond acceptors (Lipinski definition) is 2. The first-order valence-electron chi connectivity index (χ1n) is 6.78. The van der Waals surface area contributed by atoms with E-state index in [1.807, 2.05) is 0 Å². The van der Waals surface area contributed by atoms with Crippen LogP contribution in [0, 0.1) is 0 Å². The van der Waals surface area contributed by atoms with Gasteiger partial charge in [-0.15, -0.1) is 0 Å². The Hall–Kier alpha value is -0.860. The lowest BCUT2D eigenvalue weighted by Gasteiger charge is -2.43. The highest BCUT2D eigenvalue weighted by Crippen LogP contribution is 2.37. The SMILES string of the molecule is CC(N)CC1(c2ccc(C(C)(C)C)cc2)COC1. The fourth-order valence-corrected chi connectivity index (χ4v) is 2.69. The van der Waals surface area contributed by atoms with Crippen LogP contribution in [0.5, 0.6) is 0 Å². The van der Waals surface area contributed by atoms with Crippen molar-refractivity contribution in [3.63, 3.8) is 0 Å². The van der Waals surface area contributed by atoms with Crippen molar-refractivity contribution < 1.29 is 4.74 Å². The van der Waals surface area contributed by atoms with Crippen molar-refractivity contribution in [3.05, 3.63) is 35.4 Å². The largest absolute Gasteiger partial charge is 0.379 e. The van der Waals surface area contributed by atoms with Crippen LogP contribution < -0.4 is 5.73 Å².